The zero-order chi connectivity index (χ0) is 12.0. The van der Waals surface area contributed by atoms with Gasteiger partial charge in [-0.25, -0.2) is 4.98 Å². The Balaban J connectivity index is 2.42. The summed E-state index contributed by atoms with van der Waals surface area (Å²) in [6, 6.07) is 4.18. The second kappa shape index (κ2) is 6.45. The standard InChI is InChI=1S/C12H20N2O2/c1-9(10(2)15-3)13-7-11-5-6-12(16-4)14-8-11/h5-6,8-10,13H,7H2,1-4H3. The first-order chi connectivity index (χ1) is 7.67. The van der Waals surface area contributed by atoms with Gasteiger partial charge >= 0.3 is 0 Å². The van der Waals surface area contributed by atoms with Crippen molar-refractivity contribution in [2.75, 3.05) is 14.2 Å². The van der Waals surface area contributed by atoms with Gasteiger partial charge in [0.15, 0.2) is 0 Å². The summed E-state index contributed by atoms with van der Waals surface area (Å²) in [6.07, 6.45) is 2.02. The molecule has 0 aliphatic rings. The Morgan fingerprint density at radius 1 is 1.31 bits per heavy atom. The van der Waals surface area contributed by atoms with Gasteiger partial charge in [-0.2, -0.15) is 0 Å². The van der Waals surface area contributed by atoms with Gasteiger partial charge in [0.05, 0.1) is 13.2 Å². The van der Waals surface area contributed by atoms with Crippen LogP contribution in [0.25, 0.3) is 0 Å². The van der Waals surface area contributed by atoms with Gasteiger partial charge in [0.25, 0.3) is 0 Å². The van der Waals surface area contributed by atoms with Gasteiger partial charge in [-0.15, -0.1) is 0 Å². The van der Waals surface area contributed by atoms with Crippen LogP contribution in [-0.4, -0.2) is 31.3 Å². The van der Waals surface area contributed by atoms with Crippen molar-refractivity contribution in [3.8, 4) is 5.88 Å². The van der Waals surface area contributed by atoms with Crippen LogP contribution in [-0.2, 0) is 11.3 Å². The third-order valence-corrected chi connectivity index (χ3v) is 2.71. The average molecular weight is 224 g/mol. The lowest BCUT2D eigenvalue weighted by atomic mass is 10.2. The van der Waals surface area contributed by atoms with E-state index in [2.05, 4.69) is 17.2 Å². The largest absolute Gasteiger partial charge is 0.481 e. The number of pyridine rings is 1. The van der Waals surface area contributed by atoms with Crippen molar-refractivity contribution in [3.05, 3.63) is 23.9 Å². The van der Waals surface area contributed by atoms with Gasteiger partial charge in [0, 0.05) is 32.0 Å². The maximum Gasteiger partial charge on any atom is 0.212 e. The molecule has 0 fully saturated rings. The van der Waals surface area contributed by atoms with Crippen molar-refractivity contribution in [2.24, 2.45) is 0 Å². The van der Waals surface area contributed by atoms with E-state index in [1.165, 1.54) is 0 Å². The molecule has 0 amide bonds. The second-order valence-corrected chi connectivity index (χ2v) is 3.82. The molecule has 1 N–H and O–H groups in total. The molecular formula is C12H20N2O2. The lowest BCUT2D eigenvalue weighted by molar-refractivity contribution is 0.0882. The lowest BCUT2D eigenvalue weighted by Gasteiger charge is -2.19. The molecule has 90 valence electrons. The van der Waals surface area contributed by atoms with Gasteiger partial charge in [-0.3, -0.25) is 0 Å². The summed E-state index contributed by atoms with van der Waals surface area (Å²) in [5.74, 6) is 0.641. The Morgan fingerprint density at radius 3 is 2.56 bits per heavy atom. The van der Waals surface area contributed by atoms with Crippen molar-refractivity contribution in [1.29, 1.82) is 0 Å². The summed E-state index contributed by atoms with van der Waals surface area (Å²) in [6.45, 7) is 4.93. The molecule has 0 aliphatic heterocycles. The number of aromatic nitrogens is 1. The van der Waals surface area contributed by atoms with Crippen LogP contribution in [0.4, 0.5) is 0 Å². The van der Waals surface area contributed by atoms with Gasteiger partial charge in [0.1, 0.15) is 0 Å². The van der Waals surface area contributed by atoms with Gasteiger partial charge < -0.3 is 14.8 Å². The molecule has 1 aromatic heterocycles. The number of hydrogen-bond acceptors (Lipinski definition) is 4. The number of nitrogens with one attached hydrogen (secondary N) is 1. The van der Waals surface area contributed by atoms with E-state index in [0.29, 0.717) is 11.9 Å². The quantitative estimate of drug-likeness (QED) is 0.797. The van der Waals surface area contributed by atoms with E-state index in [1.54, 1.807) is 14.2 Å². The Morgan fingerprint density at radius 2 is 2.06 bits per heavy atom. The van der Waals surface area contributed by atoms with Crippen molar-refractivity contribution < 1.29 is 9.47 Å². The van der Waals surface area contributed by atoms with E-state index < -0.39 is 0 Å². The molecule has 1 rings (SSSR count). The van der Waals surface area contributed by atoms with Gasteiger partial charge in [-0.1, -0.05) is 6.07 Å². The molecule has 0 spiro atoms. The number of ether oxygens (including phenoxy) is 2. The highest BCUT2D eigenvalue weighted by atomic mass is 16.5. The highest BCUT2D eigenvalue weighted by molar-refractivity contribution is 5.17. The number of rotatable bonds is 6. The molecular weight excluding hydrogens is 204 g/mol. The lowest BCUT2D eigenvalue weighted by Crippen LogP contribution is -2.36. The van der Waals surface area contributed by atoms with Crippen molar-refractivity contribution in [2.45, 2.75) is 32.5 Å². The van der Waals surface area contributed by atoms with Gasteiger partial charge in [-0.05, 0) is 19.4 Å². The normalized spacial score (nSPS) is 14.5. The topological polar surface area (TPSA) is 43.4 Å². The number of nitrogens with zero attached hydrogens (tertiary/aromatic N) is 1. The fraction of sp³-hybridized carbons (Fsp3) is 0.583. The molecule has 1 heterocycles. The van der Waals surface area contributed by atoms with E-state index in [-0.39, 0.29) is 6.10 Å². The first kappa shape index (κ1) is 12.9. The molecule has 16 heavy (non-hydrogen) atoms. The minimum atomic E-state index is 0.200. The Bertz CT molecular complexity index is 300. The smallest absolute Gasteiger partial charge is 0.212 e. The monoisotopic (exact) mass is 224 g/mol. The number of hydrogen-bond donors (Lipinski definition) is 1. The predicted octanol–water partition coefficient (Wildman–Crippen LogP) is 1.60. The molecule has 0 saturated carbocycles. The zero-order valence-electron chi connectivity index (χ0n) is 10.4. The third-order valence-electron chi connectivity index (χ3n) is 2.71. The zero-order valence-corrected chi connectivity index (χ0v) is 10.4. The molecule has 2 atom stereocenters. The average Bonchev–Trinajstić information content (AvgIpc) is 2.35. The highest BCUT2D eigenvalue weighted by Gasteiger charge is 2.09. The summed E-state index contributed by atoms with van der Waals surface area (Å²) in [7, 11) is 3.33. The molecule has 4 nitrogen and oxygen atoms in total. The van der Waals surface area contributed by atoms with Crippen LogP contribution in [0.15, 0.2) is 18.3 Å². The van der Waals surface area contributed by atoms with Gasteiger partial charge in [0.2, 0.25) is 5.88 Å². The Kier molecular flexibility index (Phi) is 5.22. The fourth-order valence-corrected chi connectivity index (χ4v) is 1.29. The summed E-state index contributed by atoms with van der Waals surface area (Å²) < 4.78 is 10.2. The van der Waals surface area contributed by atoms with E-state index in [4.69, 9.17) is 9.47 Å². The minimum absolute atomic E-state index is 0.200. The molecule has 0 bridgehead atoms. The fourth-order valence-electron chi connectivity index (χ4n) is 1.29. The molecule has 0 aliphatic carbocycles. The molecule has 0 saturated heterocycles. The van der Waals surface area contributed by atoms with Crippen LogP contribution in [0, 0.1) is 0 Å². The summed E-state index contributed by atoms with van der Waals surface area (Å²) in [5, 5.41) is 3.38. The van der Waals surface area contributed by atoms with E-state index in [9.17, 15) is 0 Å². The number of methoxy groups -OCH3 is 2. The molecule has 4 heteroatoms. The highest BCUT2D eigenvalue weighted by Crippen LogP contribution is 2.07. The maximum atomic E-state index is 5.24. The van der Waals surface area contributed by atoms with Crippen LogP contribution in [0.2, 0.25) is 0 Å². The minimum Gasteiger partial charge on any atom is -0.481 e. The molecule has 1 aromatic rings. The van der Waals surface area contributed by atoms with Crippen LogP contribution in [0.3, 0.4) is 0 Å². The van der Waals surface area contributed by atoms with Crippen molar-refractivity contribution in [1.82, 2.24) is 10.3 Å². The maximum absolute atomic E-state index is 5.24. The van der Waals surface area contributed by atoms with Crippen LogP contribution < -0.4 is 10.1 Å². The SMILES string of the molecule is COc1ccc(CNC(C)C(C)OC)cn1. The van der Waals surface area contributed by atoms with E-state index in [0.717, 1.165) is 12.1 Å². The molecule has 0 radical (unpaired) electrons. The summed E-state index contributed by atoms with van der Waals surface area (Å²) >= 11 is 0. The first-order valence-electron chi connectivity index (χ1n) is 5.42. The van der Waals surface area contributed by atoms with Crippen molar-refractivity contribution >= 4 is 0 Å². The summed E-state index contributed by atoms with van der Waals surface area (Å²) in [4.78, 5) is 4.15. The molecule has 2 unspecified atom stereocenters. The van der Waals surface area contributed by atoms with E-state index >= 15 is 0 Å². The first-order valence-corrected chi connectivity index (χ1v) is 5.42. The van der Waals surface area contributed by atoms with Crippen LogP contribution >= 0.6 is 0 Å². The van der Waals surface area contributed by atoms with Crippen LogP contribution in [0.1, 0.15) is 19.4 Å². The third kappa shape index (κ3) is 3.79. The van der Waals surface area contributed by atoms with Crippen molar-refractivity contribution in [3.63, 3.8) is 0 Å². The van der Waals surface area contributed by atoms with Crippen LogP contribution in [0.5, 0.6) is 5.88 Å². The second-order valence-electron chi connectivity index (χ2n) is 3.82. The molecule has 0 aromatic carbocycles. The Labute approximate surface area is 97.0 Å². The van der Waals surface area contributed by atoms with E-state index in [1.807, 2.05) is 25.3 Å². The predicted molar refractivity (Wildman–Crippen MR) is 63.6 cm³/mol. The Hall–Kier alpha value is -1.13. The summed E-state index contributed by atoms with van der Waals surface area (Å²) in [5.41, 5.74) is 1.14.